The van der Waals surface area contributed by atoms with Gasteiger partial charge in [-0.1, -0.05) is 17.2 Å². The summed E-state index contributed by atoms with van der Waals surface area (Å²) in [6.45, 7) is 0. The molecule has 1 heterocycles. The molecule has 6 heteroatoms. The van der Waals surface area contributed by atoms with E-state index in [2.05, 4.69) is 15.0 Å². The van der Waals surface area contributed by atoms with E-state index in [-0.39, 0.29) is 0 Å². The molecule has 1 aromatic heterocycles. The van der Waals surface area contributed by atoms with Gasteiger partial charge < -0.3 is 9.15 Å². The molecular formula is C14H10N4O2. The minimum absolute atomic E-state index is 0.494. The van der Waals surface area contributed by atoms with Gasteiger partial charge in [-0.2, -0.15) is 0 Å². The van der Waals surface area contributed by atoms with E-state index in [1.54, 1.807) is 25.3 Å². The molecule has 0 bridgehead atoms. The molecular weight excluding hydrogens is 256 g/mol. The molecule has 2 aromatic carbocycles. The number of nitrogens with zero attached hydrogens (tertiary/aromatic N) is 4. The number of methoxy groups -OCH3 is 1. The van der Waals surface area contributed by atoms with Crippen molar-refractivity contribution in [3.63, 3.8) is 0 Å². The van der Waals surface area contributed by atoms with Gasteiger partial charge in [0.15, 0.2) is 5.58 Å². The summed E-state index contributed by atoms with van der Waals surface area (Å²) < 4.78 is 10.9. The Morgan fingerprint density at radius 2 is 2.15 bits per heavy atom. The molecule has 0 saturated carbocycles. The SMILES string of the molecule is COc1cccc(-c2nc3ccc(N=[N+]=[N-])cc3o2)c1. The Balaban J connectivity index is 2.09. The number of aromatic nitrogens is 1. The zero-order chi connectivity index (χ0) is 13.9. The van der Waals surface area contributed by atoms with E-state index in [9.17, 15) is 0 Å². The fraction of sp³-hybridized carbons (Fsp3) is 0.0714. The summed E-state index contributed by atoms with van der Waals surface area (Å²) >= 11 is 0. The topological polar surface area (TPSA) is 84.0 Å². The Bertz CT molecular complexity index is 819. The van der Waals surface area contributed by atoms with Crippen LogP contribution in [0.25, 0.3) is 33.0 Å². The van der Waals surface area contributed by atoms with Gasteiger partial charge >= 0.3 is 0 Å². The molecule has 0 radical (unpaired) electrons. The van der Waals surface area contributed by atoms with Crippen molar-refractivity contribution < 1.29 is 9.15 Å². The average Bonchev–Trinajstić information content (AvgIpc) is 2.91. The van der Waals surface area contributed by atoms with Crippen LogP contribution in [0.1, 0.15) is 0 Å². The fourth-order valence-electron chi connectivity index (χ4n) is 1.91. The van der Waals surface area contributed by atoms with Crippen LogP contribution in [-0.4, -0.2) is 12.1 Å². The summed E-state index contributed by atoms with van der Waals surface area (Å²) in [5.41, 5.74) is 11.0. The van der Waals surface area contributed by atoms with Gasteiger partial charge in [0, 0.05) is 16.2 Å². The van der Waals surface area contributed by atoms with Crippen molar-refractivity contribution in [1.29, 1.82) is 0 Å². The predicted molar refractivity (Wildman–Crippen MR) is 74.8 cm³/mol. The van der Waals surface area contributed by atoms with Crippen molar-refractivity contribution in [2.75, 3.05) is 7.11 Å². The molecule has 0 fully saturated rings. The van der Waals surface area contributed by atoms with Crippen LogP contribution >= 0.6 is 0 Å². The summed E-state index contributed by atoms with van der Waals surface area (Å²) in [7, 11) is 1.61. The number of oxazole rings is 1. The van der Waals surface area contributed by atoms with Gasteiger partial charge in [0.2, 0.25) is 5.89 Å². The minimum atomic E-state index is 0.494. The van der Waals surface area contributed by atoms with Crippen LogP contribution in [0.4, 0.5) is 5.69 Å². The molecule has 0 amide bonds. The predicted octanol–water partition coefficient (Wildman–Crippen LogP) is 4.45. The van der Waals surface area contributed by atoms with Gasteiger partial charge in [-0.15, -0.1) is 0 Å². The third-order valence-corrected chi connectivity index (χ3v) is 2.85. The maximum Gasteiger partial charge on any atom is 0.227 e. The molecule has 0 N–H and O–H groups in total. The molecule has 3 rings (SSSR count). The fourth-order valence-corrected chi connectivity index (χ4v) is 1.91. The third kappa shape index (κ3) is 2.15. The lowest BCUT2D eigenvalue weighted by Gasteiger charge is -2.00. The molecule has 0 aliphatic rings. The van der Waals surface area contributed by atoms with Crippen LogP contribution in [0.5, 0.6) is 5.75 Å². The molecule has 0 aliphatic heterocycles. The van der Waals surface area contributed by atoms with Crippen molar-refractivity contribution >= 4 is 16.8 Å². The standard InChI is InChI=1S/C14H10N4O2/c1-19-11-4-2-3-9(7-11)14-16-12-6-5-10(17-18-15)8-13(12)20-14/h2-8H,1H3. The highest BCUT2D eigenvalue weighted by Gasteiger charge is 2.09. The number of azide groups is 1. The first kappa shape index (κ1) is 12.1. The summed E-state index contributed by atoms with van der Waals surface area (Å²) in [6.07, 6.45) is 0. The van der Waals surface area contributed by atoms with Crippen molar-refractivity contribution in [1.82, 2.24) is 4.98 Å². The van der Waals surface area contributed by atoms with Crippen LogP contribution in [0.3, 0.4) is 0 Å². The summed E-state index contributed by atoms with van der Waals surface area (Å²) in [5, 5.41) is 3.54. The van der Waals surface area contributed by atoms with E-state index in [1.165, 1.54) is 0 Å². The monoisotopic (exact) mass is 266 g/mol. The molecule has 20 heavy (non-hydrogen) atoms. The molecule has 0 unspecified atom stereocenters. The highest BCUT2D eigenvalue weighted by molar-refractivity contribution is 5.79. The van der Waals surface area contributed by atoms with E-state index in [0.717, 1.165) is 11.3 Å². The number of fused-ring (bicyclic) bond motifs is 1. The van der Waals surface area contributed by atoms with Crippen LogP contribution < -0.4 is 4.74 Å². The Hall–Kier alpha value is -2.98. The van der Waals surface area contributed by atoms with E-state index >= 15 is 0 Å². The van der Waals surface area contributed by atoms with Gasteiger partial charge in [0.05, 0.1) is 7.11 Å². The van der Waals surface area contributed by atoms with Gasteiger partial charge in [0.25, 0.3) is 0 Å². The molecule has 3 aromatic rings. The molecule has 98 valence electrons. The molecule has 0 atom stereocenters. The van der Waals surface area contributed by atoms with Gasteiger partial charge in [-0.3, -0.25) is 0 Å². The average molecular weight is 266 g/mol. The molecule has 0 aliphatic carbocycles. The molecule has 6 nitrogen and oxygen atoms in total. The van der Waals surface area contributed by atoms with Crippen molar-refractivity contribution in [2.45, 2.75) is 0 Å². The van der Waals surface area contributed by atoms with Crippen molar-refractivity contribution in [3.8, 4) is 17.2 Å². The Morgan fingerprint density at radius 1 is 1.25 bits per heavy atom. The number of hydrogen-bond donors (Lipinski definition) is 0. The first-order valence-corrected chi connectivity index (χ1v) is 5.90. The lowest BCUT2D eigenvalue weighted by Crippen LogP contribution is -1.83. The summed E-state index contributed by atoms with van der Waals surface area (Å²) in [5.74, 6) is 1.23. The van der Waals surface area contributed by atoms with Gasteiger partial charge in [-0.05, 0) is 35.9 Å². The minimum Gasteiger partial charge on any atom is -0.497 e. The smallest absolute Gasteiger partial charge is 0.227 e. The van der Waals surface area contributed by atoms with Crippen LogP contribution in [0.2, 0.25) is 0 Å². The molecule has 0 saturated heterocycles. The number of rotatable bonds is 3. The first-order chi connectivity index (χ1) is 9.80. The van der Waals surface area contributed by atoms with Crippen molar-refractivity contribution in [2.24, 2.45) is 5.11 Å². The van der Waals surface area contributed by atoms with E-state index in [1.807, 2.05) is 24.3 Å². The maximum absolute atomic E-state index is 8.43. The van der Waals surface area contributed by atoms with Gasteiger partial charge in [-0.25, -0.2) is 4.98 Å². The molecule has 0 spiro atoms. The zero-order valence-corrected chi connectivity index (χ0v) is 10.6. The van der Waals surface area contributed by atoms with E-state index in [4.69, 9.17) is 14.7 Å². The third-order valence-electron chi connectivity index (χ3n) is 2.85. The van der Waals surface area contributed by atoms with Crippen molar-refractivity contribution in [3.05, 3.63) is 52.9 Å². The number of ether oxygens (including phenoxy) is 1. The van der Waals surface area contributed by atoms with Crippen LogP contribution in [-0.2, 0) is 0 Å². The van der Waals surface area contributed by atoms with E-state index < -0.39 is 0 Å². The second-order valence-electron chi connectivity index (χ2n) is 4.09. The van der Waals surface area contributed by atoms with E-state index in [0.29, 0.717) is 22.7 Å². The Kier molecular flexibility index (Phi) is 2.99. The Morgan fingerprint density at radius 3 is 2.95 bits per heavy atom. The lowest BCUT2D eigenvalue weighted by molar-refractivity contribution is 0.415. The second kappa shape index (κ2) is 4.95. The maximum atomic E-state index is 8.43. The van der Waals surface area contributed by atoms with Crippen LogP contribution in [0, 0.1) is 0 Å². The Labute approximate surface area is 114 Å². The lowest BCUT2D eigenvalue weighted by atomic mass is 10.2. The quantitative estimate of drug-likeness (QED) is 0.399. The normalized spacial score (nSPS) is 10.2. The number of benzene rings is 2. The zero-order valence-electron chi connectivity index (χ0n) is 10.6. The second-order valence-corrected chi connectivity index (χ2v) is 4.09. The summed E-state index contributed by atoms with van der Waals surface area (Å²) in [6, 6.07) is 12.6. The van der Waals surface area contributed by atoms with Crippen LogP contribution in [0.15, 0.2) is 52.0 Å². The van der Waals surface area contributed by atoms with Gasteiger partial charge in [0.1, 0.15) is 11.3 Å². The largest absolute Gasteiger partial charge is 0.497 e. The highest BCUT2D eigenvalue weighted by atomic mass is 16.5. The number of hydrogen-bond acceptors (Lipinski definition) is 4. The summed E-state index contributed by atoms with van der Waals surface area (Å²) in [4.78, 5) is 7.15. The highest BCUT2D eigenvalue weighted by Crippen LogP contribution is 2.28. The first-order valence-electron chi connectivity index (χ1n) is 5.90.